The van der Waals surface area contributed by atoms with Crippen LogP contribution in [0, 0.1) is 13.8 Å². The minimum Gasteiger partial charge on any atom is -0.354 e. The van der Waals surface area contributed by atoms with Gasteiger partial charge < -0.3 is 14.8 Å². The topological polar surface area (TPSA) is 22.3 Å². The number of hydrogen-bond acceptors (Lipinski definition) is 3. The number of fused-ring (bicyclic) bond motifs is 1. The molecule has 3 nitrogen and oxygen atoms in total. The maximum atomic E-state index is 10.2. The minimum absolute atomic E-state index is 0.0170. The summed E-state index contributed by atoms with van der Waals surface area (Å²) in [6.07, 6.45) is 0. The summed E-state index contributed by atoms with van der Waals surface area (Å²) in [5.74, 6) is -2.46. The van der Waals surface area contributed by atoms with Gasteiger partial charge in [0, 0.05) is 52.7 Å². The molecule has 0 fully saturated rings. The number of aromatic nitrogens is 1. The Kier molecular flexibility index (Phi) is 11.8. The van der Waals surface area contributed by atoms with Crippen molar-refractivity contribution in [2.24, 2.45) is 0 Å². The van der Waals surface area contributed by atoms with Crippen LogP contribution in [0.4, 0.5) is 31.5 Å². The number of aromatic amines is 1. The number of H-pyrrole nitrogens is 1. The van der Waals surface area contributed by atoms with E-state index in [1.165, 1.54) is 67.2 Å². The number of anilines is 4. The monoisotopic (exact) mass is 709 g/mol. The first-order valence-electron chi connectivity index (χ1n) is 17.8. The van der Waals surface area contributed by atoms with Crippen LogP contribution in [0.1, 0.15) is 47.6 Å². The molecule has 7 aromatic rings. The first-order chi connectivity index (χ1) is 25.3. The van der Waals surface area contributed by atoms with Gasteiger partial charge in [-0.05, 0) is 105 Å². The van der Waals surface area contributed by atoms with E-state index in [4.69, 9.17) is 0 Å². The van der Waals surface area contributed by atoms with Crippen LogP contribution in [0.2, 0.25) is 0 Å². The molecule has 0 amide bonds. The highest BCUT2D eigenvalue weighted by molar-refractivity contribution is 7.80. The smallest absolute Gasteiger partial charge is 0.281 e. The maximum absolute atomic E-state index is 10.2. The molecule has 0 aliphatic heterocycles. The quantitative estimate of drug-likeness (QED) is 0.138. The zero-order chi connectivity index (χ0) is 36.6. The zero-order valence-corrected chi connectivity index (χ0v) is 31.0. The Morgan fingerprint density at radius 2 is 0.923 bits per heavy atom. The number of nitrogens with zero attached hydrogens (tertiary/aromatic N) is 2. The van der Waals surface area contributed by atoms with Crippen molar-refractivity contribution in [2.45, 2.75) is 39.4 Å². The maximum Gasteiger partial charge on any atom is 0.281 e. The lowest BCUT2D eigenvalue weighted by molar-refractivity contribution is 0.255. The van der Waals surface area contributed by atoms with E-state index in [0.29, 0.717) is 0 Å². The van der Waals surface area contributed by atoms with E-state index < -0.39 is 5.76 Å². The van der Waals surface area contributed by atoms with Crippen molar-refractivity contribution in [1.29, 1.82) is 0 Å². The summed E-state index contributed by atoms with van der Waals surface area (Å²) in [7, 11) is 0. The average molecular weight is 710 g/mol. The molecule has 0 saturated carbocycles. The van der Waals surface area contributed by atoms with Gasteiger partial charge in [-0.25, -0.2) is 0 Å². The molecule has 1 aromatic heterocycles. The molecule has 0 radical (unpaired) electrons. The van der Waals surface area contributed by atoms with Gasteiger partial charge in [-0.15, -0.1) is 12.6 Å². The van der Waals surface area contributed by atoms with Crippen LogP contribution in [0.25, 0.3) is 22.2 Å². The summed E-state index contributed by atoms with van der Waals surface area (Å²) >= 11 is 2.63. The molecule has 0 unspecified atom stereocenters. The molecule has 264 valence electrons. The molecule has 52 heavy (non-hydrogen) atoms. The Hall–Kier alpha value is -5.33. The fourth-order valence-electron chi connectivity index (χ4n) is 6.99. The summed E-state index contributed by atoms with van der Waals surface area (Å²) in [5, 5.41) is 1.25. The van der Waals surface area contributed by atoms with E-state index >= 15 is 0 Å². The number of alkyl halides is 2. The number of para-hydroxylation sites is 1. The van der Waals surface area contributed by atoms with E-state index in [-0.39, 0.29) is 5.92 Å². The van der Waals surface area contributed by atoms with Crippen molar-refractivity contribution >= 4 is 46.3 Å². The van der Waals surface area contributed by atoms with E-state index in [9.17, 15) is 8.78 Å². The predicted molar refractivity (Wildman–Crippen MR) is 220 cm³/mol. The number of rotatable bonds is 10. The first-order valence-corrected chi connectivity index (χ1v) is 18.3. The SMILES string of the molecule is CCN(c1ccc(C)cc1)c1ccc(C(c2ccc(N(CC)c3ccc(C)cc3)cc2)c2c(-c3ccccc3)[nH]c3ccccc23)cc1.FC(F)S. The molecule has 1 heterocycles. The third-order valence-electron chi connectivity index (χ3n) is 9.50. The van der Waals surface area contributed by atoms with Crippen LogP contribution in [0.5, 0.6) is 0 Å². The fourth-order valence-corrected chi connectivity index (χ4v) is 6.99. The summed E-state index contributed by atoms with van der Waals surface area (Å²) in [5.41, 5.74) is 14.7. The van der Waals surface area contributed by atoms with E-state index in [2.05, 4.69) is 207 Å². The van der Waals surface area contributed by atoms with Crippen LogP contribution in [0.3, 0.4) is 0 Å². The molecule has 6 heteroatoms. The van der Waals surface area contributed by atoms with Gasteiger partial charge in [-0.1, -0.05) is 108 Å². The largest absolute Gasteiger partial charge is 0.354 e. The molecule has 0 aliphatic rings. The molecule has 0 atom stereocenters. The zero-order valence-electron chi connectivity index (χ0n) is 30.1. The van der Waals surface area contributed by atoms with E-state index in [1.807, 2.05) is 0 Å². The Bertz CT molecular complexity index is 2060. The Balaban J connectivity index is 0.00000110. The Morgan fingerprint density at radius 3 is 1.35 bits per heavy atom. The molecule has 0 aliphatic carbocycles. The number of aryl methyl sites for hydroxylation is 2. The van der Waals surface area contributed by atoms with Crippen LogP contribution in [-0.4, -0.2) is 23.8 Å². The third-order valence-corrected chi connectivity index (χ3v) is 9.50. The summed E-state index contributed by atoms with van der Waals surface area (Å²) in [4.78, 5) is 8.56. The van der Waals surface area contributed by atoms with Gasteiger partial charge in [0.1, 0.15) is 0 Å². The second kappa shape index (κ2) is 16.8. The minimum atomic E-state index is -2.47. The van der Waals surface area contributed by atoms with Crippen molar-refractivity contribution in [1.82, 2.24) is 4.98 Å². The highest BCUT2D eigenvalue weighted by Crippen LogP contribution is 2.43. The lowest BCUT2D eigenvalue weighted by atomic mass is 9.82. The number of nitrogens with one attached hydrogen (secondary N) is 1. The number of benzene rings is 6. The number of halogens is 2. The molecule has 1 N–H and O–H groups in total. The van der Waals surface area contributed by atoms with Gasteiger partial charge in [-0.3, -0.25) is 0 Å². The molecule has 0 bridgehead atoms. The molecule has 0 spiro atoms. The van der Waals surface area contributed by atoms with Crippen LogP contribution < -0.4 is 9.80 Å². The van der Waals surface area contributed by atoms with Crippen molar-refractivity contribution in [3.05, 3.63) is 179 Å². The highest BCUT2D eigenvalue weighted by Gasteiger charge is 2.26. The van der Waals surface area contributed by atoms with Gasteiger partial charge in [0.2, 0.25) is 0 Å². The fraction of sp³-hybridized carbons (Fsp3) is 0.174. The number of hydrogen-bond donors (Lipinski definition) is 2. The summed E-state index contributed by atoms with van der Waals surface area (Å²) < 4.78 is 20.4. The lowest BCUT2D eigenvalue weighted by Gasteiger charge is -2.26. The number of thiol groups is 1. The summed E-state index contributed by atoms with van der Waals surface area (Å²) in [6.45, 7) is 10.5. The Labute approximate surface area is 312 Å². The average Bonchev–Trinajstić information content (AvgIpc) is 3.54. The van der Waals surface area contributed by atoms with Crippen LogP contribution >= 0.6 is 12.6 Å². The second-order valence-corrected chi connectivity index (χ2v) is 13.3. The van der Waals surface area contributed by atoms with Crippen LogP contribution in [-0.2, 0) is 0 Å². The van der Waals surface area contributed by atoms with Crippen molar-refractivity contribution in [3.63, 3.8) is 0 Å². The molecular formula is C46H45F2N3S. The van der Waals surface area contributed by atoms with Crippen molar-refractivity contribution in [2.75, 3.05) is 22.9 Å². The van der Waals surface area contributed by atoms with Gasteiger partial charge >= 0.3 is 0 Å². The van der Waals surface area contributed by atoms with Crippen molar-refractivity contribution < 1.29 is 8.78 Å². The molecule has 6 aromatic carbocycles. The van der Waals surface area contributed by atoms with Gasteiger partial charge in [-0.2, -0.15) is 8.78 Å². The van der Waals surface area contributed by atoms with Gasteiger partial charge in [0.25, 0.3) is 5.76 Å². The van der Waals surface area contributed by atoms with Gasteiger partial charge in [0.15, 0.2) is 0 Å². The van der Waals surface area contributed by atoms with Crippen molar-refractivity contribution in [3.8, 4) is 11.3 Å². The molecule has 0 saturated heterocycles. The summed E-state index contributed by atoms with van der Waals surface area (Å²) in [6, 6.07) is 55.5. The lowest BCUT2D eigenvalue weighted by Crippen LogP contribution is -2.16. The van der Waals surface area contributed by atoms with E-state index in [0.717, 1.165) is 18.6 Å². The van der Waals surface area contributed by atoms with Gasteiger partial charge in [0.05, 0.1) is 5.69 Å². The highest BCUT2D eigenvalue weighted by atomic mass is 32.1. The predicted octanol–water partition coefficient (Wildman–Crippen LogP) is 13.1. The molecular weight excluding hydrogens is 665 g/mol. The first kappa shape index (κ1) is 36.5. The molecule has 7 rings (SSSR count). The second-order valence-electron chi connectivity index (χ2n) is 12.9. The third kappa shape index (κ3) is 8.24. The standard InChI is InChI=1S/C45H43N3.CH2F2S/c1-5-47(37-24-16-32(3)17-25-37)39-28-20-34(21-29-39)43(35-22-30-40(31-23-35)48(6-2)38-26-18-33(4)19-27-38)44-41-14-10-11-15-42(41)46-45(44)36-12-8-7-9-13-36;2-1(3)4/h7-31,43,46H,5-6H2,1-4H3;1,4H. The van der Waals surface area contributed by atoms with Crippen LogP contribution in [0.15, 0.2) is 152 Å². The van der Waals surface area contributed by atoms with E-state index in [1.54, 1.807) is 0 Å². The Morgan fingerprint density at radius 1 is 0.538 bits per heavy atom. The normalized spacial score (nSPS) is 11.1.